The van der Waals surface area contributed by atoms with Gasteiger partial charge in [0.2, 0.25) is 0 Å². The standard InChI is InChI=1S/C13H9ClFNO4S/c14-11-6-1-8(13(17)18)7-12(11)21(19,20)16-10-4-2-9(15)3-5-10/h1-7,16H,(H,17,18)/p-1. The van der Waals surface area contributed by atoms with Crippen molar-refractivity contribution in [2.24, 2.45) is 0 Å². The molecule has 0 aromatic heterocycles. The molecule has 0 fully saturated rings. The normalized spacial score (nSPS) is 11.1. The summed E-state index contributed by atoms with van der Waals surface area (Å²) in [5.41, 5.74) is -0.204. The Kier molecular flexibility index (Phi) is 4.15. The summed E-state index contributed by atoms with van der Waals surface area (Å²) in [5, 5.41) is 10.6. The van der Waals surface area contributed by atoms with Crippen LogP contribution in [0.4, 0.5) is 10.1 Å². The fourth-order valence-electron chi connectivity index (χ4n) is 1.56. The molecular formula is C13H8ClFNO4S-. The zero-order valence-corrected chi connectivity index (χ0v) is 11.9. The first kappa shape index (κ1) is 15.3. The van der Waals surface area contributed by atoms with Crippen molar-refractivity contribution in [3.63, 3.8) is 0 Å². The number of aromatic carboxylic acids is 1. The van der Waals surface area contributed by atoms with E-state index in [1.807, 2.05) is 0 Å². The van der Waals surface area contributed by atoms with Crippen molar-refractivity contribution in [1.29, 1.82) is 0 Å². The largest absolute Gasteiger partial charge is 0.545 e. The number of benzene rings is 2. The summed E-state index contributed by atoms with van der Waals surface area (Å²) in [6.45, 7) is 0. The Morgan fingerprint density at radius 1 is 1.14 bits per heavy atom. The van der Waals surface area contributed by atoms with Gasteiger partial charge in [0.05, 0.1) is 11.0 Å². The number of hydrogen-bond donors (Lipinski definition) is 1. The molecule has 0 bridgehead atoms. The van der Waals surface area contributed by atoms with Crippen LogP contribution < -0.4 is 9.83 Å². The van der Waals surface area contributed by atoms with Crippen LogP contribution in [0.5, 0.6) is 0 Å². The van der Waals surface area contributed by atoms with Crippen LogP contribution in [0.15, 0.2) is 47.4 Å². The van der Waals surface area contributed by atoms with E-state index in [1.54, 1.807) is 0 Å². The molecule has 0 spiro atoms. The Morgan fingerprint density at radius 2 is 1.76 bits per heavy atom. The Balaban J connectivity index is 2.41. The summed E-state index contributed by atoms with van der Waals surface area (Å²) < 4.78 is 39.3. The van der Waals surface area contributed by atoms with Crippen LogP contribution in [0.2, 0.25) is 5.02 Å². The second kappa shape index (κ2) is 5.71. The molecule has 110 valence electrons. The van der Waals surface area contributed by atoms with Gasteiger partial charge in [0.1, 0.15) is 10.7 Å². The first-order valence-electron chi connectivity index (χ1n) is 5.59. The van der Waals surface area contributed by atoms with Gasteiger partial charge >= 0.3 is 0 Å². The fraction of sp³-hybridized carbons (Fsp3) is 0. The van der Waals surface area contributed by atoms with Crippen LogP contribution >= 0.6 is 11.6 Å². The second-order valence-corrected chi connectivity index (χ2v) is 6.10. The Labute approximate surface area is 125 Å². The van der Waals surface area contributed by atoms with Crippen molar-refractivity contribution >= 4 is 33.3 Å². The monoisotopic (exact) mass is 328 g/mol. The number of hydrogen-bond acceptors (Lipinski definition) is 4. The number of halogens is 2. The van der Waals surface area contributed by atoms with E-state index in [0.717, 1.165) is 30.3 Å². The van der Waals surface area contributed by atoms with E-state index in [-0.39, 0.29) is 16.3 Å². The molecule has 0 saturated heterocycles. The van der Waals surface area contributed by atoms with Gasteiger partial charge in [0, 0.05) is 5.69 Å². The van der Waals surface area contributed by atoms with Gasteiger partial charge in [0.25, 0.3) is 10.0 Å². The minimum Gasteiger partial charge on any atom is -0.545 e. The number of carboxylic acids is 1. The molecule has 5 nitrogen and oxygen atoms in total. The zero-order chi connectivity index (χ0) is 15.6. The minimum atomic E-state index is -4.11. The summed E-state index contributed by atoms with van der Waals surface area (Å²) in [7, 11) is -4.11. The molecule has 0 amide bonds. The molecule has 0 saturated carbocycles. The van der Waals surface area contributed by atoms with Crippen LogP contribution in [0, 0.1) is 5.82 Å². The summed E-state index contributed by atoms with van der Waals surface area (Å²) in [5.74, 6) is -2.04. The van der Waals surface area contributed by atoms with Gasteiger partial charge in [0.15, 0.2) is 0 Å². The van der Waals surface area contributed by atoms with E-state index in [2.05, 4.69) is 4.72 Å². The molecule has 0 aliphatic heterocycles. The van der Waals surface area contributed by atoms with Crippen LogP contribution in [-0.2, 0) is 10.0 Å². The quantitative estimate of drug-likeness (QED) is 0.924. The van der Waals surface area contributed by atoms with Gasteiger partial charge in [-0.3, -0.25) is 4.72 Å². The first-order valence-corrected chi connectivity index (χ1v) is 7.45. The molecule has 2 aromatic rings. The third-order valence-electron chi connectivity index (χ3n) is 2.55. The van der Waals surface area contributed by atoms with E-state index in [9.17, 15) is 22.7 Å². The van der Waals surface area contributed by atoms with Crippen LogP contribution in [0.1, 0.15) is 10.4 Å². The summed E-state index contributed by atoms with van der Waals surface area (Å²) in [4.78, 5) is 10.4. The molecule has 2 aromatic carbocycles. The Morgan fingerprint density at radius 3 is 2.33 bits per heavy atom. The minimum absolute atomic E-state index is 0.117. The number of carboxylic acid groups (broad SMARTS) is 1. The van der Waals surface area contributed by atoms with Crippen LogP contribution in [-0.4, -0.2) is 14.4 Å². The average molecular weight is 329 g/mol. The van der Waals surface area contributed by atoms with Crippen molar-refractivity contribution in [3.05, 3.63) is 58.9 Å². The molecule has 0 atom stereocenters. The molecular weight excluding hydrogens is 321 g/mol. The highest BCUT2D eigenvalue weighted by atomic mass is 35.5. The van der Waals surface area contributed by atoms with E-state index in [1.165, 1.54) is 12.1 Å². The van der Waals surface area contributed by atoms with Crippen molar-refractivity contribution < 1.29 is 22.7 Å². The SMILES string of the molecule is O=C([O-])c1ccc(Cl)c(S(=O)(=O)Nc2ccc(F)cc2)c1. The molecule has 0 heterocycles. The third-order valence-corrected chi connectivity index (χ3v) is 4.42. The van der Waals surface area contributed by atoms with Gasteiger partial charge in [-0.05, 0) is 42.0 Å². The van der Waals surface area contributed by atoms with Crippen LogP contribution in [0.3, 0.4) is 0 Å². The number of carbonyl (C=O) groups excluding carboxylic acids is 1. The first-order chi connectivity index (χ1) is 9.79. The second-order valence-electron chi connectivity index (χ2n) is 4.05. The predicted molar refractivity (Wildman–Crippen MR) is 73.0 cm³/mol. The summed E-state index contributed by atoms with van der Waals surface area (Å²) in [6, 6.07) is 7.78. The number of nitrogens with one attached hydrogen (secondary N) is 1. The number of rotatable bonds is 4. The van der Waals surface area contributed by atoms with Gasteiger partial charge in [-0.15, -0.1) is 0 Å². The van der Waals surface area contributed by atoms with Crippen molar-refractivity contribution in [2.75, 3.05) is 4.72 Å². The highest BCUT2D eigenvalue weighted by Gasteiger charge is 2.19. The maximum Gasteiger partial charge on any atom is 0.263 e. The lowest BCUT2D eigenvalue weighted by atomic mass is 10.2. The topological polar surface area (TPSA) is 86.3 Å². The molecule has 21 heavy (non-hydrogen) atoms. The van der Waals surface area contributed by atoms with Gasteiger partial charge in [-0.2, -0.15) is 0 Å². The van der Waals surface area contributed by atoms with Crippen molar-refractivity contribution in [3.8, 4) is 0 Å². The van der Waals surface area contributed by atoms with Crippen molar-refractivity contribution in [2.45, 2.75) is 4.90 Å². The lowest BCUT2D eigenvalue weighted by Gasteiger charge is -2.11. The Bertz CT molecular complexity index is 790. The van der Waals surface area contributed by atoms with E-state index >= 15 is 0 Å². The van der Waals surface area contributed by atoms with Gasteiger partial charge < -0.3 is 9.90 Å². The molecule has 2 rings (SSSR count). The van der Waals surface area contributed by atoms with Gasteiger partial charge in [-0.1, -0.05) is 17.7 Å². The summed E-state index contributed by atoms with van der Waals surface area (Å²) >= 11 is 5.78. The van der Waals surface area contributed by atoms with E-state index in [0.29, 0.717) is 0 Å². The number of carbonyl (C=O) groups is 1. The lowest BCUT2D eigenvalue weighted by molar-refractivity contribution is -0.255. The van der Waals surface area contributed by atoms with Crippen molar-refractivity contribution in [1.82, 2.24) is 0 Å². The fourth-order valence-corrected chi connectivity index (χ4v) is 3.15. The molecule has 0 unspecified atom stereocenters. The number of sulfonamides is 1. The Hall–Kier alpha value is -2.12. The van der Waals surface area contributed by atoms with Crippen LogP contribution in [0.25, 0.3) is 0 Å². The molecule has 0 aliphatic carbocycles. The van der Waals surface area contributed by atoms with Gasteiger partial charge in [-0.25, -0.2) is 12.8 Å². The smallest absolute Gasteiger partial charge is 0.263 e. The summed E-state index contributed by atoms with van der Waals surface area (Å²) in [6.07, 6.45) is 0. The maximum absolute atomic E-state index is 12.8. The zero-order valence-electron chi connectivity index (χ0n) is 10.3. The van der Waals surface area contributed by atoms with E-state index in [4.69, 9.17) is 11.6 Å². The predicted octanol–water partition coefficient (Wildman–Crippen LogP) is 1.64. The number of anilines is 1. The van der Waals surface area contributed by atoms with E-state index < -0.39 is 26.7 Å². The lowest BCUT2D eigenvalue weighted by Crippen LogP contribution is -2.23. The highest BCUT2D eigenvalue weighted by molar-refractivity contribution is 7.92. The third kappa shape index (κ3) is 3.50. The molecule has 0 aliphatic rings. The molecule has 8 heteroatoms. The molecule has 0 radical (unpaired) electrons. The maximum atomic E-state index is 12.8. The highest BCUT2D eigenvalue weighted by Crippen LogP contribution is 2.25. The molecule has 1 N–H and O–H groups in total. The average Bonchev–Trinajstić information content (AvgIpc) is 2.41.